The maximum Gasteiger partial charge on any atom is 0.346 e. The summed E-state index contributed by atoms with van der Waals surface area (Å²) in [5.74, 6) is 0.436. The minimum atomic E-state index is -0.440. The van der Waals surface area contributed by atoms with Gasteiger partial charge in [0.1, 0.15) is 11.4 Å². The smallest absolute Gasteiger partial charge is 0.346 e. The van der Waals surface area contributed by atoms with E-state index in [9.17, 15) is 4.79 Å². The van der Waals surface area contributed by atoms with Crippen molar-refractivity contribution < 1.29 is 9.53 Å². The summed E-state index contributed by atoms with van der Waals surface area (Å²) >= 11 is 0. The van der Waals surface area contributed by atoms with Gasteiger partial charge in [0.25, 0.3) is 0 Å². The van der Waals surface area contributed by atoms with Crippen LogP contribution in [0, 0.1) is 0 Å². The molecule has 2 aliphatic rings. The third-order valence-corrected chi connectivity index (χ3v) is 3.77. The fourth-order valence-electron chi connectivity index (χ4n) is 2.85. The predicted molar refractivity (Wildman–Crippen MR) is 65.9 cm³/mol. The maximum absolute atomic E-state index is 11.8. The van der Waals surface area contributed by atoms with Crippen LogP contribution in [0.5, 0.6) is 0 Å². The lowest BCUT2D eigenvalue weighted by Crippen LogP contribution is -2.57. The second-order valence-electron chi connectivity index (χ2n) is 4.66. The number of urea groups is 1. The van der Waals surface area contributed by atoms with E-state index >= 15 is 0 Å². The Morgan fingerprint density at radius 3 is 3.18 bits per heavy atom. The van der Waals surface area contributed by atoms with Crippen molar-refractivity contribution in [3.63, 3.8) is 0 Å². The summed E-state index contributed by atoms with van der Waals surface area (Å²) in [5.41, 5.74) is 5.53. The molecule has 5 heteroatoms. The van der Waals surface area contributed by atoms with Gasteiger partial charge in [-0.1, -0.05) is 6.08 Å². The van der Waals surface area contributed by atoms with E-state index in [1.165, 1.54) is 0 Å². The maximum atomic E-state index is 11.8. The van der Waals surface area contributed by atoms with Crippen molar-refractivity contribution in [3.05, 3.63) is 12.7 Å². The molecule has 2 N–H and O–H groups in total. The van der Waals surface area contributed by atoms with Gasteiger partial charge in [0, 0.05) is 20.1 Å². The van der Waals surface area contributed by atoms with Crippen LogP contribution in [0.3, 0.4) is 0 Å². The molecule has 2 unspecified atom stereocenters. The molecule has 0 radical (unpaired) electrons. The van der Waals surface area contributed by atoms with Crippen LogP contribution in [-0.2, 0) is 4.74 Å². The van der Waals surface area contributed by atoms with E-state index in [2.05, 4.69) is 11.6 Å². The third kappa shape index (κ3) is 1.84. The fraction of sp³-hybridized carbons (Fsp3) is 0.667. The monoisotopic (exact) mass is 237 g/mol. The van der Waals surface area contributed by atoms with E-state index in [0.717, 1.165) is 25.7 Å². The first kappa shape index (κ1) is 12.1. The lowest BCUT2D eigenvalue weighted by molar-refractivity contribution is 0.0253. The number of amidine groups is 1. The van der Waals surface area contributed by atoms with Gasteiger partial charge in [0.05, 0.1) is 6.10 Å². The quantitative estimate of drug-likeness (QED) is 0.752. The van der Waals surface area contributed by atoms with Gasteiger partial charge < -0.3 is 15.4 Å². The summed E-state index contributed by atoms with van der Waals surface area (Å²) in [7, 11) is 1.70. The first-order chi connectivity index (χ1) is 8.14. The normalized spacial score (nSPS) is 33.0. The molecule has 1 spiro atoms. The zero-order valence-corrected chi connectivity index (χ0v) is 10.2. The molecular weight excluding hydrogens is 218 g/mol. The summed E-state index contributed by atoms with van der Waals surface area (Å²) in [6, 6.07) is -0.251. The van der Waals surface area contributed by atoms with Crippen LogP contribution in [0.25, 0.3) is 0 Å². The van der Waals surface area contributed by atoms with Crippen LogP contribution in [0.15, 0.2) is 17.6 Å². The summed E-state index contributed by atoms with van der Waals surface area (Å²) in [5, 5.41) is 0. The lowest BCUT2D eigenvalue weighted by atomic mass is 9.78. The van der Waals surface area contributed by atoms with Crippen molar-refractivity contribution in [2.75, 3.05) is 13.7 Å². The second kappa shape index (κ2) is 4.49. The Morgan fingerprint density at radius 1 is 1.76 bits per heavy atom. The highest BCUT2D eigenvalue weighted by Gasteiger charge is 2.50. The molecule has 0 bridgehead atoms. The average Bonchev–Trinajstić information content (AvgIpc) is 2.54. The predicted octanol–water partition coefficient (Wildman–Crippen LogP) is 1.29. The molecule has 1 saturated carbocycles. The van der Waals surface area contributed by atoms with E-state index < -0.39 is 5.54 Å². The number of rotatable bonds is 3. The van der Waals surface area contributed by atoms with Crippen molar-refractivity contribution in [1.82, 2.24) is 4.90 Å². The topological polar surface area (TPSA) is 67.9 Å². The zero-order valence-electron chi connectivity index (χ0n) is 10.2. The zero-order chi connectivity index (χ0) is 12.5. The van der Waals surface area contributed by atoms with Gasteiger partial charge >= 0.3 is 6.03 Å². The number of ether oxygens (including phenoxy) is 1. The molecule has 2 amide bonds. The van der Waals surface area contributed by atoms with Crippen LogP contribution in [0.2, 0.25) is 0 Å². The number of aliphatic imine (C=N–C) groups is 1. The molecule has 0 saturated heterocycles. The summed E-state index contributed by atoms with van der Waals surface area (Å²) < 4.78 is 5.41. The number of carbonyl (C=O) groups excluding carboxylic acids is 1. The van der Waals surface area contributed by atoms with Crippen LogP contribution in [-0.4, -0.2) is 42.1 Å². The Balaban J connectivity index is 2.28. The molecule has 94 valence electrons. The van der Waals surface area contributed by atoms with E-state index in [-0.39, 0.29) is 12.1 Å². The molecule has 1 fully saturated rings. The molecule has 1 aliphatic heterocycles. The minimum absolute atomic E-state index is 0.149. The Kier molecular flexibility index (Phi) is 3.19. The van der Waals surface area contributed by atoms with E-state index in [1.807, 2.05) is 0 Å². The minimum Gasteiger partial charge on any atom is -0.385 e. The number of methoxy groups -OCH3 is 1. The third-order valence-electron chi connectivity index (χ3n) is 3.77. The van der Waals surface area contributed by atoms with Gasteiger partial charge in [-0.25, -0.2) is 4.79 Å². The summed E-state index contributed by atoms with van der Waals surface area (Å²) in [4.78, 5) is 17.4. The standard InChI is InChI=1S/C12H19N3O2/c1-3-7-15-11(16)14-10(13)12(15)6-4-5-9(8-12)17-2/h3,9H,1,4-8H2,2H3,(H2,13,14,16). The molecular formula is C12H19N3O2. The van der Waals surface area contributed by atoms with Gasteiger partial charge in [-0.2, -0.15) is 4.99 Å². The fourth-order valence-corrected chi connectivity index (χ4v) is 2.85. The largest absolute Gasteiger partial charge is 0.385 e. The highest BCUT2D eigenvalue weighted by molar-refractivity contribution is 6.06. The molecule has 2 rings (SSSR count). The first-order valence-corrected chi connectivity index (χ1v) is 5.94. The van der Waals surface area contributed by atoms with E-state index in [0.29, 0.717) is 12.4 Å². The average molecular weight is 237 g/mol. The van der Waals surface area contributed by atoms with Gasteiger partial charge in [0.2, 0.25) is 0 Å². The number of amides is 2. The number of hydrogen-bond donors (Lipinski definition) is 1. The van der Waals surface area contributed by atoms with Crippen LogP contribution < -0.4 is 5.73 Å². The van der Waals surface area contributed by atoms with Crippen molar-refractivity contribution in [2.45, 2.75) is 37.3 Å². The molecule has 0 aromatic rings. The summed E-state index contributed by atoms with van der Waals surface area (Å²) in [6.07, 6.45) is 5.47. The number of nitrogens with two attached hydrogens (primary N) is 1. The van der Waals surface area contributed by atoms with Crippen molar-refractivity contribution in [2.24, 2.45) is 10.7 Å². The SMILES string of the molecule is C=CCN1C(=O)N=C(N)C12CCCC(OC)C2. The van der Waals surface area contributed by atoms with Gasteiger partial charge in [-0.05, 0) is 19.3 Å². The van der Waals surface area contributed by atoms with Gasteiger partial charge in [-0.15, -0.1) is 6.58 Å². The first-order valence-electron chi connectivity index (χ1n) is 5.94. The number of hydrogen-bond acceptors (Lipinski definition) is 3. The van der Waals surface area contributed by atoms with Gasteiger partial charge in [-0.3, -0.25) is 0 Å². The number of carbonyl (C=O) groups is 1. The molecule has 1 heterocycles. The van der Waals surface area contributed by atoms with Crippen LogP contribution >= 0.6 is 0 Å². The molecule has 1 aliphatic carbocycles. The Morgan fingerprint density at radius 2 is 2.53 bits per heavy atom. The van der Waals surface area contributed by atoms with Gasteiger partial charge in [0.15, 0.2) is 0 Å². The lowest BCUT2D eigenvalue weighted by Gasteiger charge is -2.42. The van der Waals surface area contributed by atoms with Crippen molar-refractivity contribution in [3.8, 4) is 0 Å². The van der Waals surface area contributed by atoms with Crippen molar-refractivity contribution in [1.29, 1.82) is 0 Å². The molecule has 0 aromatic carbocycles. The van der Waals surface area contributed by atoms with E-state index in [1.54, 1.807) is 18.1 Å². The molecule has 5 nitrogen and oxygen atoms in total. The summed E-state index contributed by atoms with van der Waals surface area (Å²) in [6.45, 7) is 4.17. The molecule has 2 atom stereocenters. The Hall–Kier alpha value is -1.36. The second-order valence-corrected chi connectivity index (χ2v) is 4.66. The van der Waals surface area contributed by atoms with Crippen LogP contribution in [0.4, 0.5) is 4.79 Å². The Bertz CT molecular complexity index is 367. The van der Waals surface area contributed by atoms with Crippen molar-refractivity contribution >= 4 is 11.9 Å². The highest BCUT2D eigenvalue weighted by atomic mass is 16.5. The van der Waals surface area contributed by atoms with Crippen LogP contribution in [0.1, 0.15) is 25.7 Å². The highest BCUT2D eigenvalue weighted by Crippen LogP contribution is 2.38. The molecule has 0 aromatic heterocycles. The Labute approximate surface area is 101 Å². The number of nitrogens with zero attached hydrogens (tertiary/aromatic N) is 2. The van der Waals surface area contributed by atoms with E-state index in [4.69, 9.17) is 10.5 Å². The molecule has 17 heavy (non-hydrogen) atoms.